The summed E-state index contributed by atoms with van der Waals surface area (Å²) in [6.45, 7) is 4.28. The van der Waals surface area contributed by atoms with Crippen LogP contribution in [-0.2, 0) is 66.8 Å². The van der Waals surface area contributed by atoms with Crippen molar-refractivity contribution < 1.29 is 113 Å². The highest BCUT2D eigenvalue weighted by Crippen LogP contribution is 2.26. The van der Waals surface area contributed by atoms with Gasteiger partial charge in [-0.05, 0) is 77.0 Å². The fourth-order valence-corrected chi connectivity index (χ4v) is 10.0. The Kier molecular flexibility index (Phi) is 36.0. The van der Waals surface area contributed by atoms with E-state index < -0.39 is 153 Å². The Bertz CT molecular complexity index is 2030. The maximum Gasteiger partial charge on any atom is 0.243 e. The minimum absolute atomic E-state index is 0.00149. The van der Waals surface area contributed by atoms with Crippen molar-refractivity contribution >= 4 is 47.0 Å². The molecule has 17 atom stereocenters. The van der Waals surface area contributed by atoms with Gasteiger partial charge in [0.05, 0.1) is 25.9 Å². The van der Waals surface area contributed by atoms with Gasteiger partial charge in [0, 0.05) is 79.2 Å². The first-order chi connectivity index (χ1) is 40.6. The fraction of sp³-hybridized carbons (Fsp3) is 0.857. The number of ether oxygens (including phenoxy) is 6. The molecule has 0 bridgehead atoms. The first kappa shape index (κ1) is 74.8. The molecule has 0 aromatic rings. The molecule has 85 heavy (non-hydrogen) atoms. The van der Waals surface area contributed by atoms with E-state index in [1.54, 1.807) is 0 Å². The number of aliphatic hydroxyl groups is 9. The molecule has 29 heteroatoms. The molecule has 3 rings (SSSR count). The summed E-state index contributed by atoms with van der Waals surface area (Å²) < 4.78 is 33.9. The Hall–Kier alpha value is -4.44. The molecule has 0 aromatic heterocycles. The molecule has 0 saturated carbocycles. The summed E-state index contributed by atoms with van der Waals surface area (Å²) in [6, 6.07) is -5.25. The number of ketones is 2. The van der Waals surface area contributed by atoms with E-state index >= 15 is 0 Å². The van der Waals surface area contributed by atoms with E-state index in [2.05, 4.69) is 31.9 Å². The third-order valence-corrected chi connectivity index (χ3v) is 14.9. The van der Waals surface area contributed by atoms with Crippen LogP contribution in [0, 0.1) is 0 Å². The number of hydrogen-bond acceptors (Lipinski definition) is 23. The minimum atomic E-state index is -1.50. The van der Waals surface area contributed by atoms with E-state index in [4.69, 9.17) is 28.4 Å². The van der Waals surface area contributed by atoms with Crippen LogP contribution in [0.25, 0.3) is 0 Å². The Labute approximate surface area is 496 Å². The highest BCUT2D eigenvalue weighted by Gasteiger charge is 2.48. The number of hydrogen-bond donors (Lipinski definition) is 15. The third kappa shape index (κ3) is 26.8. The molecule has 0 radical (unpaired) electrons. The molecule has 3 fully saturated rings. The summed E-state index contributed by atoms with van der Waals surface area (Å²) in [5.74, 6) is -2.95. The van der Waals surface area contributed by atoms with Crippen LogP contribution in [-0.4, -0.2) is 243 Å². The lowest BCUT2D eigenvalue weighted by Gasteiger charge is -2.42. The number of unbranched alkanes of at least 4 members (excludes halogenated alkanes) is 7. The molecule has 6 amide bonds. The second-order valence-electron chi connectivity index (χ2n) is 22.0. The Morgan fingerprint density at radius 3 is 1.24 bits per heavy atom. The van der Waals surface area contributed by atoms with Crippen molar-refractivity contribution in [1.29, 1.82) is 0 Å². The van der Waals surface area contributed by atoms with Crippen molar-refractivity contribution in [3.63, 3.8) is 0 Å². The summed E-state index contributed by atoms with van der Waals surface area (Å²) in [7, 11) is 0. The van der Waals surface area contributed by atoms with Crippen molar-refractivity contribution in [2.75, 3.05) is 46.2 Å². The number of carbonyl (C=O) groups is 8. The first-order valence-corrected chi connectivity index (χ1v) is 30.0. The van der Waals surface area contributed by atoms with Gasteiger partial charge in [-0.15, -0.1) is 0 Å². The summed E-state index contributed by atoms with van der Waals surface area (Å²) in [5.41, 5.74) is 0. The number of carbonyl (C=O) groups excluding carboxylic acids is 8. The minimum Gasteiger partial charge on any atom is -0.394 e. The van der Waals surface area contributed by atoms with Gasteiger partial charge in [-0.2, -0.15) is 0 Å². The van der Waals surface area contributed by atoms with Crippen LogP contribution < -0.4 is 31.9 Å². The normalized spacial score (nSPS) is 28.3. The standard InChI is InChI=1S/C56H98N6O23/c1-5-6-22-38(70)36(20-10-14-25-57-42(71)23-12-16-27-81-55-45(59-33(3)67)51(77)48(74)40(30-64)84-55)62-53(79)37(61-43(72)24-13-17-28-82-56-46(60-34(4)68)52(78)49(75)41(31-65)85-56)21-9-7-8-18-35(69)19-11-15-26-80-54-44(58-32(2)66)50(76)47(73)39(29-63)83-54/h36-37,39-41,44-52,54-56,63-65,73-78H,5-31H2,1-4H3,(H,57,71)(H,58,66)(H,59,67)(H,60,68)(H,61,72)(H,62,79)/t36-,37-,39+,40+,41+,44+,45+,46+,47-,48-,49-,50+,51+,52+,54+,55+,56+/m0/s1. The molecule has 3 aliphatic heterocycles. The van der Waals surface area contributed by atoms with E-state index in [0.717, 1.165) is 6.42 Å². The zero-order valence-electron chi connectivity index (χ0n) is 49.6. The summed E-state index contributed by atoms with van der Waals surface area (Å²) in [5, 5.41) is 107. The summed E-state index contributed by atoms with van der Waals surface area (Å²) in [4.78, 5) is 102. The van der Waals surface area contributed by atoms with Gasteiger partial charge >= 0.3 is 0 Å². The van der Waals surface area contributed by atoms with Crippen LogP contribution in [0.15, 0.2) is 0 Å². The third-order valence-electron chi connectivity index (χ3n) is 14.9. The number of nitrogens with one attached hydrogen (secondary N) is 6. The van der Waals surface area contributed by atoms with Gasteiger partial charge in [-0.25, -0.2) is 0 Å². The molecule has 29 nitrogen and oxygen atoms in total. The van der Waals surface area contributed by atoms with Gasteiger partial charge in [0.25, 0.3) is 0 Å². The van der Waals surface area contributed by atoms with Crippen LogP contribution >= 0.6 is 0 Å². The van der Waals surface area contributed by atoms with Crippen LogP contribution in [0.3, 0.4) is 0 Å². The lowest BCUT2D eigenvalue weighted by atomic mass is 9.97. The maximum atomic E-state index is 14.1. The molecule has 3 aliphatic rings. The fourth-order valence-electron chi connectivity index (χ4n) is 10.0. The predicted molar refractivity (Wildman–Crippen MR) is 299 cm³/mol. The molecular weight excluding hydrogens is 1120 g/mol. The quantitative estimate of drug-likeness (QED) is 0.0269. The van der Waals surface area contributed by atoms with Gasteiger partial charge in [0.15, 0.2) is 24.7 Å². The zero-order chi connectivity index (χ0) is 63.0. The lowest BCUT2D eigenvalue weighted by molar-refractivity contribution is -0.270. The van der Waals surface area contributed by atoms with E-state index in [0.29, 0.717) is 70.6 Å². The first-order valence-electron chi connectivity index (χ1n) is 30.0. The molecule has 0 spiro atoms. The van der Waals surface area contributed by atoms with Gasteiger partial charge in [-0.3, -0.25) is 38.4 Å². The van der Waals surface area contributed by atoms with E-state index in [1.165, 1.54) is 20.8 Å². The molecule has 15 N–H and O–H groups in total. The average Bonchev–Trinajstić information content (AvgIpc) is 3.38. The van der Waals surface area contributed by atoms with E-state index in [-0.39, 0.29) is 95.2 Å². The number of aliphatic hydroxyl groups excluding tert-OH is 9. The number of amides is 6. The number of rotatable bonds is 42. The highest BCUT2D eigenvalue weighted by atomic mass is 16.7. The summed E-state index contributed by atoms with van der Waals surface area (Å²) >= 11 is 0. The van der Waals surface area contributed by atoms with Crippen molar-refractivity contribution in [1.82, 2.24) is 31.9 Å². The molecule has 490 valence electrons. The average molecular weight is 1220 g/mol. The predicted octanol–water partition coefficient (Wildman–Crippen LogP) is -3.09. The monoisotopic (exact) mass is 1220 g/mol. The smallest absolute Gasteiger partial charge is 0.243 e. The van der Waals surface area contributed by atoms with Crippen LogP contribution in [0.4, 0.5) is 0 Å². The topological polar surface area (TPSA) is 446 Å². The largest absolute Gasteiger partial charge is 0.394 e. The molecule has 3 heterocycles. The Morgan fingerprint density at radius 1 is 0.435 bits per heavy atom. The maximum absolute atomic E-state index is 14.1. The molecule has 0 unspecified atom stereocenters. The molecule has 3 saturated heterocycles. The molecular formula is C56H98N6O23. The van der Waals surface area contributed by atoms with E-state index in [1.807, 2.05) is 6.92 Å². The van der Waals surface area contributed by atoms with Crippen LogP contribution in [0.2, 0.25) is 0 Å². The van der Waals surface area contributed by atoms with Crippen molar-refractivity contribution in [3.05, 3.63) is 0 Å². The van der Waals surface area contributed by atoms with E-state index in [9.17, 15) is 84.3 Å². The zero-order valence-corrected chi connectivity index (χ0v) is 49.6. The lowest BCUT2D eigenvalue weighted by Crippen LogP contribution is -2.64. The SMILES string of the molecule is CCCCC(=O)[C@H](CCCCNC(=O)CCCCO[C@@H]1O[C@H](CO)[C@H](O)[C@H](O)[C@H]1NC(C)=O)NC(=O)[C@H](CCCCCC(=O)CCCCO[C@@H]1O[C@H](CO)[C@H](O)[C@H](O)[C@H]1NC(C)=O)NC(=O)CCCCO[C@@H]1O[C@H](CO)[C@H](O)[C@H](O)[C@H]1NC(C)=O. The highest BCUT2D eigenvalue weighted by molar-refractivity contribution is 5.92. The second kappa shape index (κ2) is 40.9. The van der Waals surface area contributed by atoms with Gasteiger partial charge in [0.2, 0.25) is 35.4 Å². The van der Waals surface area contributed by atoms with Crippen molar-refractivity contribution in [2.24, 2.45) is 0 Å². The Morgan fingerprint density at radius 2 is 0.824 bits per heavy atom. The van der Waals surface area contributed by atoms with Gasteiger partial charge in [-0.1, -0.05) is 26.2 Å². The Balaban J connectivity index is 1.53. The van der Waals surface area contributed by atoms with Gasteiger partial charge < -0.3 is 106 Å². The van der Waals surface area contributed by atoms with Crippen LogP contribution in [0.1, 0.15) is 156 Å². The van der Waals surface area contributed by atoms with Gasteiger partial charge in [0.1, 0.15) is 84.9 Å². The van der Waals surface area contributed by atoms with Crippen molar-refractivity contribution in [3.8, 4) is 0 Å². The molecule has 0 aliphatic carbocycles. The van der Waals surface area contributed by atoms with Crippen LogP contribution in [0.5, 0.6) is 0 Å². The van der Waals surface area contributed by atoms with Crippen molar-refractivity contribution in [2.45, 2.75) is 260 Å². The summed E-state index contributed by atoms with van der Waals surface area (Å²) in [6.07, 6.45) is -8.54. The number of Topliss-reactive ketones (excluding diaryl/α,β-unsaturated/α-hetero) is 2. The second-order valence-corrected chi connectivity index (χ2v) is 22.0. The molecule has 0 aromatic carbocycles.